The summed E-state index contributed by atoms with van der Waals surface area (Å²) < 4.78 is 20.8. The van der Waals surface area contributed by atoms with Crippen molar-refractivity contribution in [2.75, 3.05) is 11.9 Å². The lowest BCUT2D eigenvalue weighted by atomic mass is 10.2. The third-order valence-electron chi connectivity index (χ3n) is 2.58. The van der Waals surface area contributed by atoms with Crippen LogP contribution in [0.3, 0.4) is 0 Å². The molecule has 7 heteroatoms. The van der Waals surface area contributed by atoms with E-state index < -0.39 is 17.7 Å². The molecule has 1 N–H and O–H groups in total. The molecule has 1 aliphatic heterocycles. The number of benzene rings is 1. The van der Waals surface area contributed by atoms with Crippen LogP contribution in [0.2, 0.25) is 0 Å². The van der Waals surface area contributed by atoms with Crippen molar-refractivity contribution in [3.8, 4) is 11.5 Å². The molecule has 0 unspecified atom stereocenters. The Hall–Kier alpha value is -2.70. The van der Waals surface area contributed by atoms with E-state index in [0.717, 1.165) is 6.26 Å². The lowest BCUT2D eigenvalue weighted by Gasteiger charge is -2.20. The summed E-state index contributed by atoms with van der Waals surface area (Å²) in [5.41, 5.74) is -0.107. The minimum Gasteiger partial charge on any atom is -0.460 e. The van der Waals surface area contributed by atoms with Gasteiger partial charge in [-0.15, -0.1) is 0 Å². The van der Waals surface area contributed by atoms with Crippen LogP contribution in [0.5, 0.6) is 11.5 Å². The lowest BCUT2D eigenvalue weighted by Crippen LogP contribution is -2.27. The summed E-state index contributed by atoms with van der Waals surface area (Å²) in [7, 11) is 0. The summed E-state index contributed by atoms with van der Waals surface area (Å²) in [4.78, 5) is 23.3. The van der Waals surface area contributed by atoms with Crippen molar-refractivity contribution in [1.82, 2.24) is 0 Å². The lowest BCUT2D eigenvalue weighted by molar-refractivity contribution is -0.141. The monoisotopic (exact) mass is 321 g/mol. The third kappa shape index (κ3) is 4.64. The Bertz CT molecular complexity index is 644. The third-order valence-corrected chi connectivity index (χ3v) is 2.58. The van der Waals surface area contributed by atoms with E-state index in [1.807, 2.05) is 0 Å². The molecule has 0 bridgehead atoms. The summed E-state index contributed by atoms with van der Waals surface area (Å²) in [6.07, 6.45) is 0.592. The molecule has 0 radical (unpaired) electrons. The van der Waals surface area contributed by atoms with E-state index in [0.29, 0.717) is 17.2 Å². The van der Waals surface area contributed by atoms with Gasteiger partial charge in [0.2, 0.25) is 5.76 Å². The van der Waals surface area contributed by atoms with Crippen LogP contribution in [-0.2, 0) is 14.3 Å². The van der Waals surface area contributed by atoms with E-state index in [9.17, 15) is 9.59 Å². The first-order chi connectivity index (χ1) is 10.8. The number of anilines is 1. The number of nitrogens with one attached hydrogen (secondary N) is 1. The van der Waals surface area contributed by atoms with E-state index in [1.165, 1.54) is 0 Å². The zero-order valence-electron chi connectivity index (χ0n) is 13.5. The standard InChI is InChI=1S/C16H19NO6/c1-5-20-14(18)13-9-21-12-8-10(6-7-11(12)22-13)17-15(19)23-16(2,3)4/h6-9H,5H2,1-4H3,(H,17,19). The van der Waals surface area contributed by atoms with Gasteiger partial charge in [0.25, 0.3) is 0 Å². The molecule has 1 aromatic carbocycles. The molecule has 0 atom stereocenters. The molecule has 7 nitrogen and oxygen atoms in total. The zero-order valence-corrected chi connectivity index (χ0v) is 13.5. The number of carbonyl (C=O) groups is 2. The SMILES string of the molecule is CCOC(=O)C1=COc2cc(NC(=O)OC(C)(C)C)ccc2O1. The van der Waals surface area contributed by atoms with Gasteiger partial charge in [0.05, 0.1) is 6.61 Å². The first-order valence-electron chi connectivity index (χ1n) is 7.14. The molecular weight excluding hydrogens is 302 g/mol. The Morgan fingerprint density at radius 2 is 1.96 bits per heavy atom. The zero-order chi connectivity index (χ0) is 17.0. The molecule has 0 saturated heterocycles. The number of ether oxygens (including phenoxy) is 4. The van der Waals surface area contributed by atoms with Gasteiger partial charge in [0, 0.05) is 11.8 Å². The average Bonchev–Trinajstić information content (AvgIpc) is 2.44. The van der Waals surface area contributed by atoms with Crippen LogP contribution >= 0.6 is 0 Å². The Balaban J connectivity index is 2.05. The molecule has 0 spiro atoms. The minimum atomic E-state index is -0.603. The van der Waals surface area contributed by atoms with Crippen molar-refractivity contribution in [1.29, 1.82) is 0 Å². The molecule has 0 aromatic heterocycles. The van der Waals surface area contributed by atoms with Crippen LogP contribution in [0.15, 0.2) is 30.2 Å². The van der Waals surface area contributed by atoms with Crippen LogP contribution in [0.4, 0.5) is 10.5 Å². The second kappa shape index (κ2) is 6.60. The van der Waals surface area contributed by atoms with Gasteiger partial charge in [-0.2, -0.15) is 0 Å². The van der Waals surface area contributed by atoms with Crippen molar-refractivity contribution in [2.45, 2.75) is 33.3 Å². The number of esters is 1. The predicted molar refractivity (Wildman–Crippen MR) is 82.3 cm³/mol. The Labute approximate surface area is 134 Å². The van der Waals surface area contributed by atoms with Gasteiger partial charge in [0.1, 0.15) is 11.9 Å². The quantitative estimate of drug-likeness (QED) is 0.861. The van der Waals surface area contributed by atoms with Gasteiger partial charge in [0.15, 0.2) is 11.5 Å². The number of hydrogen-bond acceptors (Lipinski definition) is 6. The molecule has 1 aliphatic rings. The molecule has 0 aliphatic carbocycles. The molecule has 1 amide bonds. The molecule has 0 fully saturated rings. The van der Waals surface area contributed by atoms with E-state index in [-0.39, 0.29) is 12.4 Å². The van der Waals surface area contributed by atoms with Crippen LogP contribution < -0.4 is 14.8 Å². The second-order valence-electron chi connectivity index (χ2n) is 5.71. The smallest absolute Gasteiger partial charge is 0.412 e. The van der Waals surface area contributed by atoms with Gasteiger partial charge in [-0.05, 0) is 39.8 Å². The molecule has 23 heavy (non-hydrogen) atoms. The van der Waals surface area contributed by atoms with Gasteiger partial charge in [-0.25, -0.2) is 9.59 Å². The number of rotatable bonds is 3. The van der Waals surface area contributed by atoms with Crippen molar-refractivity contribution >= 4 is 17.7 Å². The Morgan fingerprint density at radius 3 is 2.61 bits per heavy atom. The first-order valence-corrected chi connectivity index (χ1v) is 7.14. The second-order valence-corrected chi connectivity index (χ2v) is 5.71. The molecular formula is C16H19NO6. The fourth-order valence-corrected chi connectivity index (χ4v) is 1.74. The number of amides is 1. The van der Waals surface area contributed by atoms with Crippen molar-refractivity contribution < 1.29 is 28.5 Å². The van der Waals surface area contributed by atoms with Gasteiger partial charge in [-0.3, -0.25) is 5.32 Å². The Morgan fingerprint density at radius 1 is 1.22 bits per heavy atom. The highest BCUT2D eigenvalue weighted by molar-refractivity contribution is 5.88. The molecule has 124 valence electrons. The Kier molecular flexibility index (Phi) is 4.78. The van der Waals surface area contributed by atoms with Crippen LogP contribution in [0.1, 0.15) is 27.7 Å². The number of hydrogen-bond donors (Lipinski definition) is 1. The maximum absolute atomic E-state index is 11.7. The van der Waals surface area contributed by atoms with Crippen LogP contribution in [0, 0.1) is 0 Å². The summed E-state index contributed by atoms with van der Waals surface area (Å²) in [6, 6.07) is 4.76. The normalized spacial score (nSPS) is 13.0. The summed E-state index contributed by atoms with van der Waals surface area (Å²) >= 11 is 0. The maximum atomic E-state index is 11.7. The summed E-state index contributed by atoms with van der Waals surface area (Å²) in [5.74, 6) is 0.0817. The fourth-order valence-electron chi connectivity index (χ4n) is 1.74. The van der Waals surface area contributed by atoms with Crippen molar-refractivity contribution in [3.63, 3.8) is 0 Å². The van der Waals surface area contributed by atoms with E-state index in [1.54, 1.807) is 45.9 Å². The molecule has 0 saturated carbocycles. The molecule has 2 rings (SSSR count). The van der Waals surface area contributed by atoms with Gasteiger partial charge >= 0.3 is 12.1 Å². The van der Waals surface area contributed by atoms with E-state index >= 15 is 0 Å². The number of fused-ring (bicyclic) bond motifs is 1. The topological polar surface area (TPSA) is 83.1 Å². The van der Waals surface area contributed by atoms with Crippen molar-refractivity contribution in [3.05, 3.63) is 30.2 Å². The first kappa shape index (κ1) is 16.7. The fraction of sp³-hybridized carbons (Fsp3) is 0.375. The largest absolute Gasteiger partial charge is 0.460 e. The highest BCUT2D eigenvalue weighted by Crippen LogP contribution is 2.35. The minimum absolute atomic E-state index is 0.0350. The van der Waals surface area contributed by atoms with E-state index in [4.69, 9.17) is 18.9 Å². The van der Waals surface area contributed by atoms with E-state index in [2.05, 4.69) is 5.32 Å². The van der Waals surface area contributed by atoms with Gasteiger partial charge < -0.3 is 18.9 Å². The predicted octanol–water partition coefficient (Wildman–Crippen LogP) is 3.21. The van der Waals surface area contributed by atoms with Crippen molar-refractivity contribution in [2.24, 2.45) is 0 Å². The van der Waals surface area contributed by atoms with Gasteiger partial charge in [-0.1, -0.05) is 0 Å². The molecule has 1 aromatic rings. The number of carbonyl (C=O) groups excluding carboxylic acids is 2. The maximum Gasteiger partial charge on any atom is 0.412 e. The highest BCUT2D eigenvalue weighted by Gasteiger charge is 2.22. The average molecular weight is 321 g/mol. The molecule has 1 heterocycles. The van der Waals surface area contributed by atoms with Crippen LogP contribution in [0.25, 0.3) is 0 Å². The van der Waals surface area contributed by atoms with Crippen LogP contribution in [-0.4, -0.2) is 24.3 Å². The summed E-state index contributed by atoms with van der Waals surface area (Å²) in [5, 5.41) is 2.59. The summed E-state index contributed by atoms with van der Waals surface area (Å²) in [6.45, 7) is 7.27. The highest BCUT2D eigenvalue weighted by atomic mass is 16.6.